The lowest BCUT2D eigenvalue weighted by Gasteiger charge is -2.33. The number of carbonyl (C=O) groups excluding carboxylic acids is 1. The predicted octanol–water partition coefficient (Wildman–Crippen LogP) is 1.76. The molecule has 0 aromatic carbocycles. The highest BCUT2D eigenvalue weighted by atomic mass is 16.5. The van der Waals surface area contributed by atoms with Gasteiger partial charge < -0.3 is 15.0 Å². The van der Waals surface area contributed by atoms with Crippen molar-refractivity contribution in [1.29, 1.82) is 0 Å². The second-order valence-electron chi connectivity index (χ2n) is 4.78. The fraction of sp³-hybridized carbons (Fsp3) is 0.571. The number of nitrogens with zero attached hydrogens (tertiary/aromatic N) is 2. The number of nitrogens with one attached hydrogen (secondary N) is 1. The highest BCUT2D eigenvalue weighted by Crippen LogP contribution is 2.12. The number of amides is 1. The normalized spacial score (nSPS) is 19.3. The molecule has 1 aliphatic rings. The number of aromatic nitrogens is 1. The Morgan fingerprint density at radius 3 is 3.05 bits per heavy atom. The maximum Gasteiger partial charge on any atom is 0.272 e. The maximum absolute atomic E-state index is 12.3. The highest BCUT2D eigenvalue weighted by Gasteiger charge is 2.25. The van der Waals surface area contributed by atoms with Crippen molar-refractivity contribution >= 4 is 11.6 Å². The van der Waals surface area contributed by atoms with Crippen LogP contribution in [0, 0.1) is 0 Å². The van der Waals surface area contributed by atoms with E-state index in [0.717, 1.165) is 18.7 Å². The summed E-state index contributed by atoms with van der Waals surface area (Å²) >= 11 is 0. The molecular formula is C14H21N3O2. The van der Waals surface area contributed by atoms with Crippen LogP contribution in [0.4, 0.5) is 5.69 Å². The van der Waals surface area contributed by atoms with E-state index in [-0.39, 0.29) is 11.9 Å². The Labute approximate surface area is 114 Å². The first-order valence-corrected chi connectivity index (χ1v) is 6.81. The van der Waals surface area contributed by atoms with Gasteiger partial charge in [0.25, 0.3) is 5.91 Å². The van der Waals surface area contributed by atoms with Crippen LogP contribution in [0.1, 0.15) is 30.8 Å². The minimum Gasteiger partial charge on any atom is -0.384 e. The predicted molar refractivity (Wildman–Crippen MR) is 74.3 cm³/mol. The van der Waals surface area contributed by atoms with Crippen molar-refractivity contribution in [3.8, 4) is 0 Å². The SMILES string of the molecule is CCCNc1ccc(C(=O)N2CCOCC2C)nc1. The molecule has 2 rings (SSSR count). The minimum absolute atomic E-state index is 0.0159. The van der Waals surface area contributed by atoms with Crippen molar-refractivity contribution in [2.24, 2.45) is 0 Å². The summed E-state index contributed by atoms with van der Waals surface area (Å²) in [6, 6.07) is 3.80. The van der Waals surface area contributed by atoms with Crippen LogP contribution in [0.2, 0.25) is 0 Å². The molecule has 0 aliphatic carbocycles. The molecule has 1 aliphatic heterocycles. The zero-order chi connectivity index (χ0) is 13.7. The molecule has 19 heavy (non-hydrogen) atoms. The minimum atomic E-state index is -0.0159. The summed E-state index contributed by atoms with van der Waals surface area (Å²) in [6.45, 7) is 6.85. The first-order chi connectivity index (χ1) is 9.22. The van der Waals surface area contributed by atoms with Gasteiger partial charge in [0.1, 0.15) is 5.69 Å². The van der Waals surface area contributed by atoms with E-state index >= 15 is 0 Å². The van der Waals surface area contributed by atoms with Crippen LogP contribution in [0.3, 0.4) is 0 Å². The highest BCUT2D eigenvalue weighted by molar-refractivity contribution is 5.92. The van der Waals surface area contributed by atoms with Crippen LogP contribution in [0.15, 0.2) is 18.3 Å². The average molecular weight is 263 g/mol. The van der Waals surface area contributed by atoms with Crippen LogP contribution in [0.5, 0.6) is 0 Å². The molecule has 2 heterocycles. The van der Waals surface area contributed by atoms with Gasteiger partial charge in [-0.15, -0.1) is 0 Å². The Hall–Kier alpha value is -1.62. The number of hydrogen-bond acceptors (Lipinski definition) is 4. The summed E-state index contributed by atoms with van der Waals surface area (Å²) < 4.78 is 5.34. The molecule has 1 amide bonds. The van der Waals surface area contributed by atoms with Crippen LogP contribution in [-0.2, 0) is 4.74 Å². The molecule has 0 saturated carbocycles. The van der Waals surface area contributed by atoms with Gasteiger partial charge in [-0.3, -0.25) is 4.79 Å². The van der Waals surface area contributed by atoms with Gasteiger partial charge in [-0.05, 0) is 25.5 Å². The van der Waals surface area contributed by atoms with Crippen LogP contribution in [-0.4, -0.2) is 48.1 Å². The zero-order valence-corrected chi connectivity index (χ0v) is 11.6. The smallest absolute Gasteiger partial charge is 0.272 e. The summed E-state index contributed by atoms with van der Waals surface area (Å²) in [5.41, 5.74) is 1.45. The van der Waals surface area contributed by atoms with E-state index in [1.165, 1.54) is 0 Å². The lowest BCUT2D eigenvalue weighted by molar-refractivity contribution is 0.00327. The first-order valence-electron chi connectivity index (χ1n) is 6.81. The van der Waals surface area contributed by atoms with Crippen molar-refractivity contribution in [1.82, 2.24) is 9.88 Å². The molecule has 0 spiro atoms. The lowest BCUT2D eigenvalue weighted by Crippen LogP contribution is -2.47. The van der Waals surface area contributed by atoms with Crippen molar-refractivity contribution in [2.75, 3.05) is 31.6 Å². The Balaban J connectivity index is 2.02. The van der Waals surface area contributed by atoms with Crippen LogP contribution < -0.4 is 5.32 Å². The Morgan fingerprint density at radius 1 is 1.58 bits per heavy atom. The van der Waals surface area contributed by atoms with Gasteiger partial charge in [0, 0.05) is 13.1 Å². The second kappa shape index (κ2) is 6.52. The monoisotopic (exact) mass is 263 g/mol. The molecule has 1 N–H and O–H groups in total. The van der Waals surface area contributed by atoms with Gasteiger partial charge in [-0.25, -0.2) is 4.98 Å². The number of morpholine rings is 1. The number of hydrogen-bond donors (Lipinski definition) is 1. The fourth-order valence-electron chi connectivity index (χ4n) is 2.07. The van der Waals surface area contributed by atoms with E-state index in [4.69, 9.17) is 4.74 Å². The maximum atomic E-state index is 12.3. The summed E-state index contributed by atoms with van der Waals surface area (Å²) in [7, 11) is 0. The summed E-state index contributed by atoms with van der Waals surface area (Å²) in [4.78, 5) is 18.4. The van der Waals surface area contributed by atoms with Gasteiger partial charge >= 0.3 is 0 Å². The van der Waals surface area contributed by atoms with Crippen molar-refractivity contribution in [3.63, 3.8) is 0 Å². The number of carbonyl (C=O) groups is 1. The average Bonchev–Trinajstić information content (AvgIpc) is 2.45. The Bertz CT molecular complexity index is 419. The van der Waals surface area contributed by atoms with E-state index < -0.39 is 0 Å². The third kappa shape index (κ3) is 3.44. The summed E-state index contributed by atoms with van der Waals surface area (Å²) in [5, 5.41) is 3.24. The van der Waals surface area contributed by atoms with Crippen LogP contribution >= 0.6 is 0 Å². The Morgan fingerprint density at radius 2 is 2.42 bits per heavy atom. The van der Waals surface area contributed by atoms with Gasteiger partial charge in [-0.1, -0.05) is 6.92 Å². The topological polar surface area (TPSA) is 54.5 Å². The van der Waals surface area contributed by atoms with Gasteiger partial charge in [0.15, 0.2) is 0 Å². The lowest BCUT2D eigenvalue weighted by atomic mass is 10.2. The molecule has 1 aromatic rings. The van der Waals surface area contributed by atoms with Gasteiger partial charge in [-0.2, -0.15) is 0 Å². The van der Waals surface area contributed by atoms with E-state index in [9.17, 15) is 4.79 Å². The van der Waals surface area contributed by atoms with Crippen molar-refractivity contribution in [2.45, 2.75) is 26.3 Å². The summed E-state index contributed by atoms with van der Waals surface area (Å²) in [5.74, 6) is -0.0159. The van der Waals surface area contributed by atoms with Crippen molar-refractivity contribution in [3.05, 3.63) is 24.0 Å². The molecule has 5 nitrogen and oxygen atoms in total. The van der Waals surface area contributed by atoms with Crippen LogP contribution in [0.25, 0.3) is 0 Å². The second-order valence-corrected chi connectivity index (χ2v) is 4.78. The summed E-state index contributed by atoms with van der Waals surface area (Å²) in [6.07, 6.45) is 2.78. The molecule has 0 radical (unpaired) electrons. The molecule has 1 aromatic heterocycles. The van der Waals surface area contributed by atoms with E-state index in [1.807, 2.05) is 17.9 Å². The molecule has 1 fully saturated rings. The molecule has 1 unspecified atom stereocenters. The first kappa shape index (κ1) is 13.8. The fourth-order valence-corrected chi connectivity index (χ4v) is 2.07. The third-order valence-corrected chi connectivity index (χ3v) is 3.19. The quantitative estimate of drug-likeness (QED) is 0.899. The van der Waals surface area contributed by atoms with E-state index in [2.05, 4.69) is 17.2 Å². The van der Waals surface area contributed by atoms with Gasteiger partial charge in [0.05, 0.1) is 31.1 Å². The Kier molecular flexibility index (Phi) is 4.74. The molecular weight excluding hydrogens is 242 g/mol. The molecule has 0 bridgehead atoms. The van der Waals surface area contributed by atoms with Gasteiger partial charge in [0.2, 0.25) is 0 Å². The molecule has 1 saturated heterocycles. The van der Waals surface area contributed by atoms with E-state index in [1.54, 1.807) is 12.3 Å². The van der Waals surface area contributed by atoms with Crippen molar-refractivity contribution < 1.29 is 9.53 Å². The third-order valence-electron chi connectivity index (χ3n) is 3.19. The van der Waals surface area contributed by atoms with E-state index in [0.29, 0.717) is 25.5 Å². The standard InChI is InChI=1S/C14H21N3O2/c1-3-6-15-12-4-5-13(16-9-12)14(18)17-7-8-19-10-11(17)2/h4-5,9,11,15H,3,6-8,10H2,1-2H3. The number of pyridine rings is 1. The zero-order valence-electron chi connectivity index (χ0n) is 11.6. The number of ether oxygens (including phenoxy) is 1. The number of rotatable bonds is 4. The molecule has 5 heteroatoms. The number of anilines is 1. The largest absolute Gasteiger partial charge is 0.384 e. The molecule has 104 valence electrons. The molecule has 1 atom stereocenters.